The predicted octanol–water partition coefficient (Wildman–Crippen LogP) is 3.90. The summed E-state index contributed by atoms with van der Waals surface area (Å²) in [5, 5.41) is 6.50. The molecule has 0 saturated carbocycles. The lowest BCUT2D eigenvalue weighted by atomic mass is 10.1. The van der Waals surface area contributed by atoms with E-state index in [4.69, 9.17) is 4.74 Å². The lowest BCUT2D eigenvalue weighted by molar-refractivity contribution is -0.137. The van der Waals surface area contributed by atoms with Gasteiger partial charge in [-0.25, -0.2) is 4.68 Å². The molecule has 0 aliphatic rings. The van der Waals surface area contributed by atoms with E-state index in [1.807, 2.05) is 30.3 Å². The molecule has 1 N–H and O–H groups in total. The molecule has 2 aromatic carbocycles. The van der Waals surface area contributed by atoms with Gasteiger partial charge >= 0.3 is 6.18 Å². The molecule has 9 heteroatoms. The molecule has 0 radical (unpaired) electrons. The van der Waals surface area contributed by atoms with Crippen LogP contribution in [0.1, 0.15) is 33.7 Å². The number of nitrogens with zero attached hydrogens (tertiary/aromatic N) is 2. The van der Waals surface area contributed by atoms with Crippen molar-refractivity contribution in [3.05, 3.63) is 93.4 Å². The van der Waals surface area contributed by atoms with Gasteiger partial charge in [-0.15, -0.1) is 0 Å². The van der Waals surface area contributed by atoms with Gasteiger partial charge in [-0.3, -0.25) is 9.59 Å². The summed E-state index contributed by atoms with van der Waals surface area (Å²) >= 11 is 0. The lowest BCUT2D eigenvalue weighted by Gasteiger charge is -2.16. The van der Waals surface area contributed by atoms with Crippen LogP contribution in [-0.2, 0) is 17.5 Å². The Kier molecular flexibility index (Phi) is 7.42. The van der Waals surface area contributed by atoms with E-state index in [-0.39, 0.29) is 17.9 Å². The maximum absolute atomic E-state index is 13.4. The van der Waals surface area contributed by atoms with Crippen LogP contribution in [0, 0.1) is 6.92 Å². The van der Waals surface area contributed by atoms with Gasteiger partial charge in [-0.1, -0.05) is 42.5 Å². The minimum atomic E-state index is -4.62. The van der Waals surface area contributed by atoms with Crippen molar-refractivity contribution in [1.82, 2.24) is 15.1 Å². The number of hydrogen-bond acceptors (Lipinski definition) is 4. The Hall–Kier alpha value is -3.46. The largest absolute Gasteiger partial charge is 0.418 e. The number of nitrogens with one attached hydrogen (secondary N) is 1. The molecule has 0 saturated heterocycles. The number of carbonyl (C=O) groups excluding carboxylic acids is 1. The summed E-state index contributed by atoms with van der Waals surface area (Å²) in [7, 11) is 0. The highest BCUT2D eigenvalue weighted by molar-refractivity contribution is 5.92. The van der Waals surface area contributed by atoms with Crippen LogP contribution in [-0.4, -0.2) is 28.8 Å². The van der Waals surface area contributed by atoms with E-state index in [0.717, 1.165) is 22.4 Å². The molecule has 0 unspecified atom stereocenters. The van der Waals surface area contributed by atoms with Crippen LogP contribution in [0.4, 0.5) is 13.2 Å². The zero-order valence-electron chi connectivity index (χ0n) is 17.4. The fourth-order valence-electron chi connectivity index (χ4n) is 3.07. The summed E-state index contributed by atoms with van der Waals surface area (Å²) in [6.45, 7) is 2.51. The van der Waals surface area contributed by atoms with Crippen LogP contribution in [0.15, 0.2) is 65.5 Å². The number of ether oxygens (including phenoxy) is 1. The molecule has 168 valence electrons. The summed E-state index contributed by atoms with van der Waals surface area (Å²) < 4.78 is 46.7. The van der Waals surface area contributed by atoms with Crippen LogP contribution >= 0.6 is 0 Å². The first kappa shape index (κ1) is 23.2. The van der Waals surface area contributed by atoms with Crippen LogP contribution < -0.4 is 10.7 Å². The monoisotopic (exact) mass is 445 g/mol. The number of carbonyl (C=O) groups is 1. The summed E-state index contributed by atoms with van der Waals surface area (Å²) in [5.41, 5.74) is -1.11. The minimum Gasteiger partial charge on any atom is -0.377 e. The Morgan fingerprint density at radius 3 is 2.50 bits per heavy atom. The van der Waals surface area contributed by atoms with E-state index in [0.29, 0.717) is 19.6 Å². The van der Waals surface area contributed by atoms with Gasteiger partial charge in [0, 0.05) is 24.9 Å². The van der Waals surface area contributed by atoms with Crippen molar-refractivity contribution in [2.75, 3.05) is 13.2 Å². The Labute approximate surface area is 182 Å². The number of aromatic nitrogens is 2. The van der Waals surface area contributed by atoms with Crippen LogP contribution in [0.3, 0.4) is 0 Å². The SMILES string of the molecule is Cc1cc(=O)c(C(=O)NCCCOCc2ccccc2)nn1-c1ccccc1C(F)(F)F. The number of alkyl halides is 3. The number of amides is 1. The molecule has 3 aromatic rings. The third kappa shape index (κ3) is 5.82. The number of para-hydroxylation sites is 1. The van der Waals surface area contributed by atoms with E-state index in [1.165, 1.54) is 25.1 Å². The van der Waals surface area contributed by atoms with E-state index in [2.05, 4.69) is 10.4 Å². The highest BCUT2D eigenvalue weighted by atomic mass is 19.4. The first-order valence-corrected chi connectivity index (χ1v) is 9.95. The van der Waals surface area contributed by atoms with Crippen LogP contribution in [0.5, 0.6) is 0 Å². The number of halogens is 3. The average molecular weight is 445 g/mol. The van der Waals surface area contributed by atoms with E-state index in [9.17, 15) is 22.8 Å². The topological polar surface area (TPSA) is 73.2 Å². The van der Waals surface area contributed by atoms with E-state index in [1.54, 1.807) is 0 Å². The number of aryl methyl sites for hydroxylation is 1. The molecule has 0 aliphatic carbocycles. The number of rotatable bonds is 8. The molecule has 0 atom stereocenters. The maximum Gasteiger partial charge on any atom is 0.418 e. The molecule has 3 rings (SSSR count). The molecular formula is C23H22F3N3O3. The first-order valence-electron chi connectivity index (χ1n) is 9.95. The van der Waals surface area contributed by atoms with Gasteiger partial charge in [-0.05, 0) is 31.0 Å². The van der Waals surface area contributed by atoms with Crippen LogP contribution in [0.2, 0.25) is 0 Å². The summed E-state index contributed by atoms with van der Waals surface area (Å²) in [6.07, 6.45) is -4.12. The summed E-state index contributed by atoms with van der Waals surface area (Å²) in [5.74, 6) is -0.753. The third-order valence-corrected chi connectivity index (χ3v) is 4.62. The molecule has 1 heterocycles. The lowest BCUT2D eigenvalue weighted by Crippen LogP contribution is -2.33. The van der Waals surface area contributed by atoms with Crippen molar-refractivity contribution in [3.8, 4) is 5.69 Å². The quantitative estimate of drug-likeness (QED) is 0.534. The molecule has 0 aliphatic heterocycles. The smallest absolute Gasteiger partial charge is 0.377 e. The highest BCUT2D eigenvalue weighted by Crippen LogP contribution is 2.33. The Balaban J connectivity index is 1.66. The Morgan fingerprint density at radius 2 is 1.78 bits per heavy atom. The molecule has 6 nitrogen and oxygen atoms in total. The fraction of sp³-hybridized carbons (Fsp3) is 0.261. The fourth-order valence-corrected chi connectivity index (χ4v) is 3.07. The highest BCUT2D eigenvalue weighted by Gasteiger charge is 2.34. The zero-order valence-corrected chi connectivity index (χ0v) is 17.4. The normalized spacial score (nSPS) is 11.4. The molecule has 0 fully saturated rings. The molecule has 0 spiro atoms. The van der Waals surface area contributed by atoms with Gasteiger partial charge in [0.25, 0.3) is 5.91 Å². The predicted molar refractivity (Wildman–Crippen MR) is 113 cm³/mol. The number of benzene rings is 2. The van der Waals surface area contributed by atoms with Gasteiger partial charge in [-0.2, -0.15) is 18.3 Å². The van der Waals surface area contributed by atoms with Gasteiger partial charge in [0.05, 0.1) is 17.9 Å². The molecule has 1 amide bonds. The second-order valence-electron chi connectivity index (χ2n) is 7.07. The number of hydrogen-bond donors (Lipinski definition) is 1. The van der Waals surface area contributed by atoms with Crippen molar-refractivity contribution in [3.63, 3.8) is 0 Å². The summed E-state index contributed by atoms with van der Waals surface area (Å²) in [4.78, 5) is 24.7. The van der Waals surface area contributed by atoms with Gasteiger partial charge in [0.1, 0.15) is 0 Å². The van der Waals surface area contributed by atoms with Gasteiger partial charge in [0.15, 0.2) is 5.69 Å². The first-order chi connectivity index (χ1) is 15.3. The maximum atomic E-state index is 13.4. The third-order valence-electron chi connectivity index (χ3n) is 4.62. The minimum absolute atomic E-state index is 0.178. The van der Waals surface area contributed by atoms with Crippen molar-refractivity contribution in [1.29, 1.82) is 0 Å². The standard InChI is InChI=1S/C23H22F3N3O3/c1-16-14-20(30)21(28-29(16)19-11-6-5-10-18(19)23(24,25)26)22(31)27-12-7-13-32-15-17-8-3-2-4-9-17/h2-6,8-11,14H,7,12-13,15H2,1H3,(H,27,31). The van der Waals surface area contributed by atoms with Crippen molar-refractivity contribution in [2.45, 2.75) is 26.1 Å². The molecule has 32 heavy (non-hydrogen) atoms. The second-order valence-corrected chi connectivity index (χ2v) is 7.07. The Bertz CT molecular complexity index is 1130. The van der Waals surface area contributed by atoms with E-state index < -0.39 is 28.8 Å². The zero-order chi connectivity index (χ0) is 23.1. The summed E-state index contributed by atoms with van der Waals surface area (Å²) in [6, 6.07) is 15.5. The molecular weight excluding hydrogens is 423 g/mol. The van der Waals surface area contributed by atoms with Crippen LogP contribution in [0.25, 0.3) is 5.69 Å². The van der Waals surface area contributed by atoms with Gasteiger partial charge < -0.3 is 10.1 Å². The molecule has 1 aromatic heterocycles. The van der Waals surface area contributed by atoms with E-state index >= 15 is 0 Å². The van der Waals surface area contributed by atoms with Crippen molar-refractivity contribution >= 4 is 5.91 Å². The van der Waals surface area contributed by atoms with Crippen molar-refractivity contribution in [2.24, 2.45) is 0 Å². The average Bonchev–Trinajstić information content (AvgIpc) is 2.76. The Morgan fingerprint density at radius 1 is 1.09 bits per heavy atom. The second kappa shape index (κ2) is 10.2. The van der Waals surface area contributed by atoms with Crippen molar-refractivity contribution < 1.29 is 22.7 Å². The molecule has 0 bridgehead atoms. The van der Waals surface area contributed by atoms with Gasteiger partial charge in [0.2, 0.25) is 5.43 Å².